The summed E-state index contributed by atoms with van der Waals surface area (Å²) in [6.07, 6.45) is 0. The van der Waals surface area contributed by atoms with Crippen molar-refractivity contribution in [2.45, 2.75) is 4.90 Å². The smallest absolute Gasteiger partial charge is 0.341 e. The predicted octanol–water partition coefficient (Wildman–Crippen LogP) is -0.997. The number of hydrogen-bond donors (Lipinski definition) is 3. The first kappa shape index (κ1) is 15.4. The lowest BCUT2D eigenvalue weighted by atomic mass is 10.2. The highest BCUT2D eigenvalue weighted by atomic mass is 32.2. The van der Waals surface area contributed by atoms with Crippen molar-refractivity contribution in [3.63, 3.8) is 0 Å². The van der Waals surface area contributed by atoms with Gasteiger partial charge in [-0.05, 0) is 12.1 Å². The lowest BCUT2D eigenvalue weighted by Crippen LogP contribution is -2.32. The van der Waals surface area contributed by atoms with Crippen molar-refractivity contribution in [1.29, 1.82) is 0 Å². The van der Waals surface area contributed by atoms with Gasteiger partial charge in [-0.15, -0.1) is 5.10 Å². The Morgan fingerprint density at radius 1 is 1.27 bits per heavy atom. The van der Waals surface area contributed by atoms with Crippen molar-refractivity contribution in [2.75, 3.05) is 7.11 Å². The molecule has 0 radical (unpaired) electrons. The lowest BCUT2D eigenvalue weighted by Gasteiger charge is -2.09. The molecule has 3 N–H and O–H groups in total. The number of methoxy groups -OCH3 is 1. The summed E-state index contributed by atoms with van der Waals surface area (Å²) in [6.45, 7) is 0. The highest BCUT2D eigenvalue weighted by Crippen LogP contribution is 2.16. The van der Waals surface area contributed by atoms with E-state index < -0.39 is 38.3 Å². The van der Waals surface area contributed by atoms with E-state index in [1.165, 1.54) is 18.2 Å². The Hall–Kier alpha value is -2.95. The monoisotopic (exact) mass is 326 g/mol. The van der Waals surface area contributed by atoms with Gasteiger partial charge in [-0.25, -0.2) is 27.8 Å². The number of rotatable bonds is 4. The fraction of sp³-hybridized carbons (Fsp3) is 0.0909. The molecule has 0 atom stereocenters. The minimum atomic E-state index is -4.36. The fourth-order valence-electron chi connectivity index (χ4n) is 1.58. The molecule has 0 aliphatic carbocycles. The number of hydrogen-bond acceptors (Lipinski definition) is 7. The minimum Gasteiger partial charge on any atom is -0.465 e. The number of aromatic nitrogens is 3. The van der Waals surface area contributed by atoms with Gasteiger partial charge in [0.1, 0.15) is 4.90 Å². The van der Waals surface area contributed by atoms with Gasteiger partial charge < -0.3 is 4.74 Å². The number of nitrogens with zero attached hydrogens (tertiary/aromatic N) is 1. The Balaban J connectivity index is 2.37. The summed E-state index contributed by atoms with van der Waals surface area (Å²) < 4.78 is 30.6. The third kappa shape index (κ3) is 3.03. The van der Waals surface area contributed by atoms with Gasteiger partial charge in [0.2, 0.25) is 5.82 Å². The van der Waals surface area contributed by atoms with Crippen LogP contribution in [0.4, 0.5) is 0 Å². The van der Waals surface area contributed by atoms with Crippen LogP contribution in [0.2, 0.25) is 0 Å². The SMILES string of the molecule is COC(=O)c1ccccc1S(=O)(=O)NC(=O)c1n[nH]c(=O)[nH]1. The Kier molecular flexibility index (Phi) is 4.08. The van der Waals surface area contributed by atoms with Crippen LogP contribution in [0.1, 0.15) is 21.0 Å². The molecule has 1 aromatic carbocycles. The first-order valence-corrected chi connectivity index (χ1v) is 7.22. The van der Waals surface area contributed by atoms with Crippen LogP contribution in [-0.2, 0) is 14.8 Å². The quantitative estimate of drug-likeness (QED) is 0.610. The zero-order valence-electron chi connectivity index (χ0n) is 11.1. The van der Waals surface area contributed by atoms with Crippen LogP contribution in [0.3, 0.4) is 0 Å². The first-order valence-electron chi connectivity index (χ1n) is 5.74. The highest BCUT2D eigenvalue weighted by Gasteiger charge is 2.26. The van der Waals surface area contributed by atoms with Crippen molar-refractivity contribution in [3.8, 4) is 0 Å². The normalized spacial score (nSPS) is 11.0. The van der Waals surface area contributed by atoms with Crippen LogP contribution in [0.25, 0.3) is 0 Å². The number of benzene rings is 1. The second kappa shape index (κ2) is 5.81. The molecule has 2 rings (SSSR count). The third-order valence-electron chi connectivity index (χ3n) is 2.53. The first-order chi connectivity index (χ1) is 10.3. The average molecular weight is 326 g/mol. The van der Waals surface area contributed by atoms with E-state index in [0.717, 1.165) is 13.2 Å². The second-order valence-corrected chi connectivity index (χ2v) is 5.60. The van der Waals surface area contributed by atoms with Crippen LogP contribution in [0.5, 0.6) is 0 Å². The van der Waals surface area contributed by atoms with Crippen LogP contribution in [-0.4, -0.2) is 42.6 Å². The van der Waals surface area contributed by atoms with E-state index in [2.05, 4.69) is 9.84 Å². The van der Waals surface area contributed by atoms with Gasteiger partial charge in [-0.3, -0.25) is 9.78 Å². The average Bonchev–Trinajstić information content (AvgIpc) is 2.93. The van der Waals surface area contributed by atoms with Crippen molar-refractivity contribution in [2.24, 2.45) is 0 Å². The Labute approximate surface area is 123 Å². The summed E-state index contributed by atoms with van der Waals surface area (Å²) in [5.74, 6) is -2.54. The van der Waals surface area contributed by atoms with E-state index in [1.54, 1.807) is 4.72 Å². The van der Waals surface area contributed by atoms with E-state index in [1.807, 2.05) is 10.1 Å². The molecule has 0 unspecified atom stereocenters. The summed E-state index contributed by atoms with van der Waals surface area (Å²) in [7, 11) is -3.26. The van der Waals surface area contributed by atoms with Gasteiger partial charge in [-0.1, -0.05) is 12.1 Å². The largest absolute Gasteiger partial charge is 0.465 e. The fourth-order valence-corrected chi connectivity index (χ4v) is 2.73. The molecule has 1 amide bonds. The number of esters is 1. The molecular weight excluding hydrogens is 316 g/mol. The van der Waals surface area contributed by atoms with Gasteiger partial charge in [0.05, 0.1) is 12.7 Å². The molecule has 22 heavy (non-hydrogen) atoms. The maximum atomic E-state index is 12.2. The molecule has 0 saturated heterocycles. The molecule has 0 spiro atoms. The zero-order chi connectivity index (χ0) is 16.3. The molecule has 0 fully saturated rings. The van der Waals surface area contributed by atoms with Gasteiger partial charge in [-0.2, -0.15) is 0 Å². The number of nitrogens with one attached hydrogen (secondary N) is 3. The van der Waals surface area contributed by atoms with E-state index >= 15 is 0 Å². The van der Waals surface area contributed by atoms with Crippen molar-refractivity contribution >= 4 is 21.9 Å². The second-order valence-electron chi connectivity index (χ2n) is 3.95. The van der Waals surface area contributed by atoms with Gasteiger partial charge in [0.25, 0.3) is 10.0 Å². The van der Waals surface area contributed by atoms with Crippen LogP contribution < -0.4 is 10.4 Å². The van der Waals surface area contributed by atoms with Gasteiger partial charge in [0.15, 0.2) is 0 Å². The molecule has 0 aliphatic heterocycles. The van der Waals surface area contributed by atoms with Crippen molar-refractivity contribution in [1.82, 2.24) is 19.9 Å². The zero-order valence-corrected chi connectivity index (χ0v) is 11.9. The molecule has 10 nitrogen and oxygen atoms in total. The number of sulfonamides is 1. The number of amides is 1. The van der Waals surface area contributed by atoms with E-state index in [0.29, 0.717) is 0 Å². The number of aromatic amines is 2. The maximum absolute atomic E-state index is 12.2. The van der Waals surface area contributed by atoms with Crippen molar-refractivity contribution < 1.29 is 22.7 Å². The summed E-state index contributed by atoms with van der Waals surface area (Å²) in [5, 5.41) is 5.23. The minimum absolute atomic E-state index is 0.235. The van der Waals surface area contributed by atoms with Gasteiger partial charge in [0, 0.05) is 0 Å². The highest BCUT2D eigenvalue weighted by molar-refractivity contribution is 7.90. The molecule has 116 valence electrons. The molecule has 0 bridgehead atoms. The summed E-state index contributed by atoms with van der Waals surface area (Å²) in [6, 6.07) is 5.19. The Bertz CT molecular complexity index is 882. The summed E-state index contributed by atoms with van der Waals surface area (Å²) in [5.41, 5.74) is -1.00. The predicted molar refractivity (Wildman–Crippen MR) is 71.6 cm³/mol. The van der Waals surface area contributed by atoms with Gasteiger partial charge >= 0.3 is 17.6 Å². The van der Waals surface area contributed by atoms with Crippen LogP contribution in [0.15, 0.2) is 34.0 Å². The molecular formula is C11H10N4O6S. The van der Waals surface area contributed by atoms with Crippen LogP contribution in [0, 0.1) is 0 Å². The molecule has 1 heterocycles. The third-order valence-corrected chi connectivity index (χ3v) is 3.91. The number of carbonyl (C=O) groups is 2. The van der Waals surface area contributed by atoms with Crippen molar-refractivity contribution in [3.05, 3.63) is 46.1 Å². The molecule has 2 aromatic rings. The molecule has 11 heteroatoms. The number of ether oxygens (including phenoxy) is 1. The number of carbonyl (C=O) groups excluding carboxylic acids is 2. The molecule has 0 aliphatic rings. The lowest BCUT2D eigenvalue weighted by molar-refractivity contribution is 0.0596. The standard InChI is InChI=1S/C11H10N4O6S/c1-21-10(17)6-4-2-3-5-7(6)22(19,20)15-9(16)8-12-11(18)14-13-8/h2-5H,1H3,(H,15,16)(H2,12,13,14,18). The van der Waals surface area contributed by atoms with E-state index in [4.69, 9.17) is 0 Å². The summed E-state index contributed by atoms with van der Waals surface area (Å²) >= 11 is 0. The maximum Gasteiger partial charge on any atom is 0.341 e. The Morgan fingerprint density at radius 2 is 1.95 bits per heavy atom. The summed E-state index contributed by atoms with van der Waals surface area (Å²) in [4.78, 5) is 35.7. The van der Waals surface area contributed by atoms with E-state index in [-0.39, 0.29) is 5.56 Å². The van der Waals surface area contributed by atoms with E-state index in [9.17, 15) is 22.8 Å². The van der Waals surface area contributed by atoms with Crippen LogP contribution >= 0.6 is 0 Å². The molecule has 0 saturated carbocycles. The molecule has 1 aromatic heterocycles. The number of H-pyrrole nitrogens is 2. The Morgan fingerprint density at radius 3 is 2.55 bits per heavy atom. The topological polar surface area (TPSA) is 151 Å².